The Morgan fingerprint density at radius 3 is 2.44 bits per heavy atom. The van der Waals surface area contributed by atoms with Crippen molar-refractivity contribution < 1.29 is 14.2 Å². The van der Waals surface area contributed by atoms with E-state index in [1.807, 2.05) is 19.1 Å². The lowest BCUT2D eigenvalue weighted by Crippen LogP contribution is -2.58. The van der Waals surface area contributed by atoms with Gasteiger partial charge in [0.15, 0.2) is 5.41 Å². The number of halogens is 1. The molecule has 0 aromatic heterocycles. The maximum Gasteiger partial charge on any atom is 0.214 e. The van der Waals surface area contributed by atoms with Crippen LogP contribution in [0, 0.1) is 56.2 Å². The van der Waals surface area contributed by atoms with Crippen molar-refractivity contribution in [2.24, 2.45) is 16.7 Å². The second-order valence-corrected chi connectivity index (χ2v) is 7.66. The number of nitrogens with zero attached hydrogens (tertiary/aromatic N) is 3. The van der Waals surface area contributed by atoms with Crippen molar-refractivity contribution in [1.29, 1.82) is 21.2 Å². The molecule has 2 heterocycles. The normalized spacial score (nSPS) is 33.3. The van der Waals surface area contributed by atoms with Crippen LogP contribution in [0.4, 0.5) is 0 Å². The van der Waals surface area contributed by atoms with E-state index in [2.05, 4.69) is 22.0 Å². The fourth-order valence-electron chi connectivity index (χ4n) is 4.41. The number of methoxy groups -OCH3 is 1. The lowest BCUT2D eigenvalue weighted by atomic mass is 9.53. The number of hydrogen-bond acceptors (Lipinski definition) is 7. The van der Waals surface area contributed by atoms with Crippen molar-refractivity contribution in [3.05, 3.63) is 28.2 Å². The van der Waals surface area contributed by atoms with E-state index in [1.54, 1.807) is 25.1 Å². The molecule has 8 heteroatoms. The van der Waals surface area contributed by atoms with Gasteiger partial charge in [-0.1, -0.05) is 22.9 Å². The standard InChI is InChI=1S/C19H17BrN4O3/c1-4-14-17(2)26-15(12-7-11(20)5-6-13(12)25-3)18(8-21,9-22)19(14,10-23)16(24)27-17/h5-7,14-15,24H,4H2,1-3H3. The van der Waals surface area contributed by atoms with Crippen LogP contribution in [-0.2, 0) is 9.47 Å². The van der Waals surface area contributed by atoms with E-state index in [4.69, 9.17) is 19.6 Å². The predicted octanol–water partition coefficient (Wildman–Crippen LogP) is 3.82. The molecule has 1 N–H and O–H groups in total. The molecule has 4 atom stereocenters. The molecule has 0 radical (unpaired) electrons. The first-order valence-corrected chi connectivity index (χ1v) is 9.12. The van der Waals surface area contributed by atoms with Crippen LogP contribution in [0.2, 0.25) is 0 Å². The summed E-state index contributed by atoms with van der Waals surface area (Å²) in [6, 6.07) is 11.3. The Labute approximate surface area is 165 Å². The largest absolute Gasteiger partial charge is 0.496 e. The molecule has 2 fully saturated rings. The third-order valence-corrected chi connectivity index (χ3v) is 6.09. The summed E-state index contributed by atoms with van der Waals surface area (Å²) in [5.41, 5.74) is -3.30. The smallest absolute Gasteiger partial charge is 0.214 e. The van der Waals surface area contributed by atoms with Gasteiger partial charge in [-0.15, -0.1) is 0 Å². The summed E-state index contributed by atoms with van der Waals surface area (Å²) in [4.78, 5) is 0. The van der Waals surface area contributed by atoms with Gasteiger partial charge in [0.1, 0.15) is 11.9 Å². The number of ether oxygens (including phenoxy) is 3. The molecule has 0 amide bonds. The number of fused-ring (bicyclic) bond motifs is 2. The van der Waals surface area contributed by atoms with Gasteiger partial charge in [0.2, 0.25) is 17.1 Å². The molecule has 0 spiro atoms. The summed E-state index contributed by atoms with van der Waals surface area (Å²) < 4.78 is 18.0. The molecule has 27 heavy (non-hydrogen) atoms. The number of benzene rings is 1. The second-order valence-electron chi connectivity index (χ2n) is 6.74. The molecule has 0 saturated carbocycles. The number of hydrogen-bond donors (Lipinski definition) is 1. The third-order valence-electron chi connectivity index (χ3n) is 5.60. The highest BCUT2D eigenvalue weighted by molar-refractivity contribution is 9.10. The van der Waals surface area contributed by atoms with Crippen molar-refractivity contribution in [2.75, 3.05) is 7.11 Å². The van der Waals surface area contributed by atoms with E-state index in [0.717, 1.165) is 0 Å². The van der Waals surface area contributed by atoms with Crippen molar-refractivity contribution in [1.82, 2.24) is 0 Å². The number of rotatable bonds is 3. The third kappa shape index (κ3) is 2.16. The van der Waals surface area contributed by atoms with Crippen molar-refractivity contribution >= 4 is 21.8 Å². The fourth-order valence-corrected chi connectivity index (χ4v) is 4.79. The van der Waals surface area contributed by atoms with E-state index < -0.39 is 34.5 Å². The predicted molar refractivity (Wildman–Crippen MR) is 97.2 cm³/mol. The minimum absolute atomic E-state index is 0.403. The first-order valence-electron chi connectivity index (χ1n) is 8.33. The molecule has 3 rings (SSSR count). The van der Waals surface area contributed by atoms with Crippen LogP contribution in [0.1, 0.15) is 31.9 Å². The quantitative estimate of drug-likeness (QED) is 0.779. The SMILES string of the molecule is CCC1C2(C)OC(=N)C1(C#N)C(C#N)(C#N)C(c1cc(Br)ccc1OC)O2. The molecular weight excluding hydrogens is 412 g/mol. The first-order chi connectivity index (χ1) is 12.8. The molecule has 138 valence electrons. The molecule has 4 unspecified atom stereocenters. The first kappa shape index (κ1) is 19.2. The van der Waals surface area contributed by atoms with Gasteiger partial charge in [-0.3, -0.25) is 5.41 Å². The Morgan fingerprint density at radius 2 is 1.93 bits per heavy atom. The van der Waals surface area contributed by atoms with Crippen LogP contribution in [0.25, 0.3) is 0 Å². The van der Waals surface area contributed by atoms with E-state index in [0.29, 0.717) is 22.2 Å². The van der Waals surface area contributed by atoms with Crippen LogP contribution in [0.3, 0.4) is 0 Å². The fraction of sp³-hybridized carbons (Fsp3) is 0.474. The van der Waals surface area contributed by atoms with E-state index in [-0.39, 0.29) is 0 Å². The maximum atomic E-state index is 10.1. The van der Waals surface area contributed by atoms with E-state index >= 15 is 0 Å². The summed E-state index contributed by atoms with van der Waals surface area (Å²) in [6.45, 7) is 3.46. The van der Waals surface area contributed by atoms with Gasteiger partial charge < -0.3 is 14.2 Å². The van der Waals surface area contributed by atoms with Gasteiger partial charge in [-0.25, -0.2) is 0 Å². The van der Waals surface area contributed by atoms with Crippen molar-refractivity contribution in [2.45, 2.75) is 32.2 Å². The Balaban J connectivity index is 2.38. The maximum absolute atomic E-state index is 10.1. The van der Waals surface area contributed by atoms with Crippen LogP contribution < -0.4 is 4.74 Å². The molecule has 7 nitrogen and oxygen atoms in total. The molecule has 2 saturated heterocycles. The summed E-state index contributed by atoms with van der Waals surface area (Å²) in [7, 11) is 1.47. The molecule has 1 aromatic carbocycles. The van der Waals surface area contributed by atoms with E-state index in [1.165, 1.54) is 7.11 Å². The Bertz CT molecular complexity index is 930. The molecule has 0 aliphatic carbocycles. The van der Waals surface area contributed by atoms with Crippen LogP contribution in [0.15, 0.2) is 22.7 Å². The summed E-state index contributed by atoms with van der Waals surface area (Å²) >= 11 is 3.39. The summed E-state index contributed by atoms with van der Waals surface area (Å²) in [5.74, 6) is -1.94. The van der Waals surface area contributed by atoms with Gasteiger partial charge in [-0.05, 0) is 24.6 Å². The van der Waals surface area contributed by atoms with Gasteiger partial charge >= 0.3 is 0 Å². The van der Waals surface area contributed by atoms with E-state index in [9.17, 15) is 15.8 Å². The highest BCUT2D eigenvalue weighted by Gasteiger charge is 2.79. The molecular formula is C19H17BrN4O3. The van der Waals surface area contributed by atoms with Crippen LogP contribution in [-0.4, -0.2) is 18.8 Å². The van der Waals surface area contributed by atoms with Gasteiger partial charge in [-0.2, -0.15) is 15.8 Å². The average Bonchev–Trinajstić information content (AvgIpc) is 2.84. The topological polar surface area (TPSA) is 123 Å². The average molecular weight is 429 g/mol. The molecule has 2 bridgehead atoms. The molecule has 2 aliphatic heterocycles. The van der Waals surface area contributed by atoms with Crippen LogP contribution >= 0.6 is 15.9 Å². The zero-order valence-electron chi connectivity index (χ0n) is 15.0. The van der Waals surface area contributed by atoms with Gasteiger partial charge in [0.25, 0.3) is 0 Å². The molecule has 2 aliphatic rings. The number of nitrogens with one attached hydrogen (secondary N) is 1. The molecule has 1 aromatic rings. The monoisotopic (exact) mass is 428 g/mol. The van der Waals surface area contributed by atoms with Gasteiger partial charge in [0.05, 0.1) is 31.2 Å². The van der Waals surface area contributed by atoms with Crippen LogP contribution in [0.5, 0.6) is 5.75 Å². The minimum Gasteiger partial charge on any atom is -0.496 e. The Morgan fingerprint density at radius 1 is 1.26 bits per heavy atom. The van der Waals surface area contributed by atoms with Crippen molar-refractivity contribution in [3.8, 4) is 24.0 Å². The van der Waals surface area contributed by atoms with Gasteiger partial charge in [0, 0.05) is 17.0 Å². The highest BCUT2D eigenvalue weighted by Crippen LogP contribution is 2.67. The highest BCUT2D eigenvalue weighted by atomic mass is 79.9. The zero-order valence-corrected chi connectivity index (χ0v) is 16.6. The lowest BCUT2D eigenvalue weighted by molar-refractivity contribution is -0.273. The van der Waals surface area contributed by atoms with Crippen molar-refractivity contribution in [3.63, 3.8) is 0 Å². The Kier molecular flexibility index (Phi) is 4.43. The minimum atomic E-state index is -1.98. The lowest BCUT2D eigenvalue weighted by Gasteiger charge is -2.48. The number of nitriles is 3. The second kappa shape index (κ2) is 6.23. The Hall–Kier alpha value is -2.60. The summed E-state index contributed by atoms with van der Waals surface area (Å²) in [6.07, 6.45) is -0.741. The zero-order chi connectivity index (χ0) is 20.0. The summed E-state index contributed by atoms with van der Waals surface area (Å²) in [5, 5.41) is 38.8.